The topological polar surface area (TPSA) is 145 Å². The van der Waals surface area contributed by atoms with E-state index in [1.165, 1.54) is 0 Å². The van der Waals surface area contributed by atoms with Gasteiger partial charge in [-0.3, -0.25) is 9.36 Å². The van der Waals surface area contributed by atoms with Gasteiger partial charge in [-0.05, 0) is 71.1 Å². The Morgan fingerprint density at radius 3 is 2.55 bits per heavy atom. The second-order valence-corrected chi connectivity index (χ2v) is 13.1. The number of anilines is 1. The quantitative estimate of drug-likeness (QED) is 0.398. The maximum absolute atomic E-state index is 13.7. The number of nitrogens with one attached hydrogen (secondary N) is 2. The molecule has 0 radical (unpaired) electrons. The van der Waals surface area contributed by atoms with E-state index in [4.69, 9.17) is 4.98 Å². The van der Waals surface area contributed by atoms with Crippen LogP contribution in [0.4, 0.5) is 5.82 Å². The maximum Gasteiger partial charge on any atom is 0.295 e. The third-order valence-corrected chi connectivity index (χ3v) is 9.57. The van der Waals surface area contributed by atoms with Gasteiger partial charge in [0.25, 0.3) is 5.56 Å². The number of aryl methyl sites for hydroxylation is 1. The molecule has 0 unspecified atom stereocenters. The molecule has 3 heterocycles. The molecule has 3 aliphatic carbocycles. The van der Waals surface area contributed by atoms with Crippen LogP contribution in [0.5, 0.6) is 0 Å². The zero-order chi connectivity index (χ0) is 26.6. The van der Waals surface area contributed by atoms with E-state index >= 15 is 0 Å². The number of aromatic nitrogens is 6. The number of hydrogen-bond acceptors (Lipinski definition) is 9. The number of fused-ring (bicyclic) bond motifs is 1. The lowest BCUT2D eigenvalue weighted by atomic mass is 9.81. The van der Waals surface area contributed by atoms with Crippen molar-refractivity contribution >= 4 is 27.0 Å². The molecule has 3 aromatic rings. The second kappa shape index (κ2) is 9.64. The summed E-state index contributed by atoms with van der Waals surface area (Å²) in [5.41, 5.74) is 3.58. The van der Waals surface area contributed by atoms with Crippen molar-refractivity contribution in [3.63, 3.8) is 0 Å². The van der Waals surface area contributed by atoms with Crippen molar-refractivity contribution in [1.29, 1.82) is 0 Å². The monoisotopic (exact) mass is 538 g/mol. The van der Waals surface area contributed by atoms with E-state index in [2.05, 4.69) is 36.9 Å². The molecule has 6 rings (SSSR count). The van der Waals surface area contributed by atoms with Crippen molar-refractivity contribution in [2.75, 3.05) is 17.6 Å². The van der Waals surface area contributed by atoms with Gasteiger partial charge in [-0.2, -0.15) is 0 Å². The van der Waals surface area contributed by atoms with E-state index in [0.717, 1.165) is 55.5 Å². The number of rotatable bonds is 10. The predicted molar refractivity (Wildman–Crippen MR) is 144 cm³/mol. The van der Waals surface area contributed by atoms with Crippen LogP contribution in [0.25, 0.3) is 22.6 Å². The van der Waals surface area contributed by atoms with Gasteiger partial charge in [0.15, 0.2) is 17.3 Å². The first-order valence-electron chi connectivity index (χ1n) is 13.6. The Labute approximate surface area is 222 Å². The molecule has 3 fully saturated rings. The summed E-state index contributed by atoms with van der Waals surface area (Å²) >= 11 is 0. The van der Waals surface area contributed by atoms with Crippen LogP contribution in [0.2, 0.25) is 0 Å². The summed E-state index contributed by atoms with van der Waals surface area (Å²) in [7, 11) is -3.21. The van der Waals surface area contributed by atoms with Gasteiger partial charge in [0.1, 0.15) is 11.8 Å². The highest BCUT2D eigenvalue weighted by Crippen LogP contribution is 2.43. The van der Waals surface area contributed by atoms with Crippen LogP contribution in [0, 0.1) is 18.8 Å². The lowest BCUT2D eigenvalue weighted by Gasteiger charge is -2.35. The molecule has 3 aromatic heterocycles. The average molecular weight is 539 g/mol. The molecule has 3 saturated carbocycles. The van der Waals surface area contributed by atoms with Crippen LogP contribution in [-0.4, -0.2) is 56.2 Å². The smallest absolute Gasteiger partial charge is 0.295 e. The Hall–Kier alpha value is -2.99. The third-order valence-electron chi connectivity index (χ3n) is 8.12. The van der Waals surface area contributed by atoms with Crippen LogP contribution < -0.4 is 15.6 Å². The Morgan fingerprint density at radius 2 is 1.87 bits per heavy atom. The summed E-state index contributed by atoms with van der Waals surface area (Å²) in [6.07, 6.45) is 9.15. The lowest BCUT2D eigenvalue weighted by molar-refractivity contribution is 0.261. The number of sulfonamides is 1. The third kappa shape index (κ3) is 4.91. The minimum absolute atomic E-state index is 0.0103. The van der Waals surface area contributed by atoms with E-state index in [-0.39, 0.29) is 35.1 Å². The number of nitrogens with zero attached hydrogens (tertiary/aromatic N) is 6. The van der Waals surface area contributed by atoms with E-state index in [9.17, 15) is 13.2 Å². The summed E-state index contributed by atoms with van der Waals surface area (Å²) in [6, 6.07) is -0.0514. The second-order valence-electron chi connectivity index (χ2n) is 11.0. The van der Waals surface area contributed by atoms with Crippen LogP contribution in [0.1, 0.15) is 75.7 Å². The first-order chi connectivity index (χ1) is 18.2. The van der Waals surface area contributed by atoms with Crippen LogP contribution in [-0.2, 0) is 10.0 Å². The molecule has 0 aliphatic heterocycles. The SMILES string of the molecule is CCS(=O)(=O)N[C@H]1C[C@H](CNc2nc3cnc(-c4c(C)ncnc4C4CC4)nc3n([C@@H](C)C3CC3)c2=O)C1. The maximum atomic E-state index is 13.7. The van der Waals surface area contributed by atoms with Gasteiger partial charge in [-0.1, -0.05) is 0 Å². The molecular weight excluding hydrogens is 504 g/mol. The Morgan fingerprint density at radius 1 is 1.11 bits per heavy atom. The minimum Gasteiger partial charge on any atom is -0.365 e. The van der Waals surface area contributed by atoms with Gasteiger partial charge in [-0.15, -0.1) is 0 Å². The molecule has 202 valence electrons. The van der Waals surface area contributed by atoms with Gasteiger partial charge < -0.3 is 5.32 Å². The van der Waals surface area contributed by atoms with Crippen LogP contribution >= 0.6 is 0 Å². The zero-order valence-electron chi connectivity index (χ0n) is 22.0. The molecule has 11 nitrogen and oxygen atoms in total. The molecule has 2 N–H and O–H groups in total. The van der Waals surface area contributed by atoms with Crippen molar-refractivity contribution in [3.05, 3.63) is 34.3 Å². The predicted octanol–water partition coefficient (Wildman–Crippen LogP) is 2.93. The summed E-state index contributed by atoms with van der Waals surface area (Å²) in [5.74, 6) is 2.02. The minimum atomic E-state index is -3.21. The van der Waals surface area contributed by atoms with Crippen molar-refractivity contribution in [1.82, 2.24) is 34.2 Å². The van der Waals surface area contributed by atoms with Gasteiger partial charge in [0.2, 0.25) is 10.0 Å². The van der Waals surface area contributed by atoms with E-state index < -0.39 is 10.0 Å². The molecule has 0 saturated heterocycles. The molecule has 0 amide bonds. The Bertz CT molecular complexity index is 1540. The normalized spacial score (nSPS) is 22.3. The molecule has 0 bridgehead atoms. The highest BCUT2D eigenvalue weighted by Gasteiger charge is 2.34. The van der Waals surface area contributed by atoms with Crippen molar-refractivity contribution < 1.29 is 8.42 Å². The fraction of sp³-hybridized carbons (Fsp3) is 0.615. The fourth-order valence-corrected chi connectivity index (χ4v) is 6.28. The summed E-state index contributed by atoms with van der Waals surface area (Å²) in [6.45, 7) is 6.21. The van der Waals surface area contributed by atoms with Gasteiger partial charge in [0, 0.05) is 24.5 Å². The summed E-state index contributed by atoms with van der Waals surface area (Å²) < 4.78 is 28.1. The summed E-state index contributed by atoms with van der Waals surface area (Å²) in [4.78, 5) is 36.9. The summed E-state index contributed by atoms with van der Waals surface area (Å²) in [5, 5.41) is 3.25. The van der Waals surface area contributed by atoms with E-state index in [1.54, 1.807) is 24.0 Å². The molecule has 3 aliphatic rings. The lowest BCUT2D eigenvalue weighted by Crippen LogP contribution is -2.46. The molecule has 38 heavy (non-hydrogen) atoms. The largest absolute Gasteiger partial charge is 0.365 e. The van der Waals surface area contributed by atoms with Gasteiger partial charge in [0.05, 0.1) is 28.9 Å². The molecule has 12 heteroatoms. The van der Waals surface area contributed by atoms with E-state index in [0.29, 0.717) is 35.4 Å². The number of hydrogen-bond donors (Lipinski definition) is 2. The molecule has 0 aromatic carbocycles. The first kappa shape index (κ1) is 25.3. The highest BCUT2D eigenvalue weighted by atomic mass is 32.2. The van der Waals surface area contributed by atoms with Gasteiger partial charge >= 0.3 is 0 Å². The standard InChI is InChI=1S/C26H34N8O3S/c1-4-38(36,37)33-19-9-16(10-19)11-27-24-26(35)34(15(3)17-5-6-17)25-20(31-24)12-28-23(32-25)21-14(2)29-13-30-22(21)18-7-8-18/h12-13,15-19,33H,4-11H2,1-3H3,(H,27,31)/t15-,16-,19-/m0/s1. The first-order valence-corrected chi connectivity index (χ1v) is 15.2. The Balaban J connectivity index is 1.30. The highest BCUT2D eigenvalue weighted by molar-refractivity contribution is 7.89. The molecular formula is C26H34N8O3S. The van der Waals surface area contributed by atoms with Gasteiger partial charge in [-0.25, -0.2) is 38.1 Å². The zero-order valence-corrected chi connectivity index (χ0v) is 22.8. The molecule has 0 spiro atoms. The van der Waals surface area contributed by atoms with Crippen molar-refractivity contribution in [2.45, 2.75) is 77.3 Å². The fourth-order valence-electron chi connectivity index (χ4n) is 5.42. The van der Waals surface area contributed by atoms with E-state index in [1.807, 2.05) is 6.92 Å². The van der Waals surface area contributed by atoms with Crippen LogP contribution in [0.3, 0.4) is 0 Å². The molecule has 1 atom stereocenters. The van der Waals surface area contributed by atoms with Crippen LogP contribution in [0.15, 0.2) is 17.3 Å². The Kier molecular flexibility index (Phi) is 6.42. The average Bonchev–Trinajstić information content (AvgIpc) is 3.78. The van der Waals surface area contributed by atoms with Crippen molar-refractivity contribution in [3.8, 4) is 11.4 Å². The van der Waals surface area contributed by atoms with Crippen molar-refractivity contribution in [2.24, 2.45) is 11.8 Å².